The third-order valence-corrected chi connectivity index (χ3v) is 7.54. The second-order valence-corrected chi connectivity index (χ2v) is 9.88. The Morgan fingerprint density at radius 3 is 2.33 bits per heavy atom. The fourth-order valence-electron chi connectivity index (χ4n) is 6.36. The van der Waals surface area contributed by atoms with Gasteiger partial charge in [0.25, 0.3) is 10.1 Å². The Balaban J connectivity index is 2.13. The topological polar surface area (TPSA) is 60.4 Å². The van der Waals surface area contributed by atoms with Gasteiger partial charge in [-0.3, -0.25) is 8.98 Å². The van der Waals surface area contributed by atoms with Crippen LogP contribution in [0.4, 0.5) is 0 Å². The van der Waals surface area contributed by atoms with Crippen LogP contribution in [0.3, 0.4) is 0 Å². The van der Waals surface area contributed by atoms with Gasteiger partial charge >= 0.3 is 0 Å². The van der Waals surface area contributed by atoms with E-state index in [2.05, 4.69) is 20.8 Å². The lowest BCUT2D eigenvalue weighted by Crippen LogP contribution is -2.52. The average molecular weight is 314 g/mol. The molecule has 120 valence electrons. The van der Waals surface area contributed by atoms with Crippen LogP contribution in [-0.2, 0) is 19.1 Å². The highest BCUT2D eigenvalue weighted by atomic mass is 32.2. The molecule has 21 heavy (non-hydrogen) atoms. The highest BCUT2D eigenvalue weighted by molar-refractivity contribution is 7.86. The first-order valence-corrected chi connectivity index (χ1v) is 9.70. The molecule has 0 aromatic heterocycles. The van der Waals surface area contributed by atoms with Crippen LogP contribution in [0.2, 0.25) is 0 Å². The minimum absolute atomic E-state index is 0.0271. The predicted octanol–water partition coefficient (Wildman–Crippen LogP) is 2.77. The third kappa shape index (κ3) is 1.70. The largest absolute Gasteiger partial charge is 0.299 e. The number of hydrogen-bond acceptors (Lipinski definition) is 4. The van der Waals surface area contributed by atoms with E-state index in [1.807, 2.05) is 6.92 Å². The lowest BCUT2D eigenvalue weighted by molar-refractivity contribution is -0.148. The molecule has 0 amide bonds. The second-order valence-electron chi connectivity index (χ2n) is 8.28. The SMILES string of the molecule is CC1C(=O)[C@@]23C[C@@H](OS(C)(=O)=O)[C@H]1[C@@]2(C)CCCC3(C)C. The van der Waals surface area contributed by atoms with Crippen LogP contribution in [0, 0.1) is 28.1 Å². The van der Waals surface area contributed by atoms with Crippen molar-refractivity contribution in [3.63, 3.8) is 0 Å². The number of carbonyl (C=O) groups excluding carboxylic acids is 1. The highest BCUT2D eigenvalue weighted by Crippen LogP contribution is 2.76. The molecule has 0 heterocycles. The maximum absolute atomic E-state index is 13.0. The van der Waals surface area contributed by atoms with Gasteiger partial charge in [-0.15, -0.1) is 0 Å². The summed E-state index contributed by atoms with van der Waals surface area (Å²) >= 11 is 0. The van der Waals surface area contributed by atoms with Crippen molar-refractivity contribution < 1.29 is 17.4 Å². The minimum Gasteiger partial charge on any atom is -0.299 e. The molecule has 2 bridgehead atoms. The van der Waals surface area contributed by atoms with Gasteiger partial charge in [0.1, 0.15) is 5.78 Å². The molecule has 0 saturated heterocycles. The molecular formula is C16H26O4S. The fourth-order valence-corrected chi connectivity index (χ4v) is 6.99. The van der Waals surface area contributed by atoms with Gasteiger partial charge in [-0.05, 0) is 30.1 Å². The van der Waals surface area contributed by atoms with Gasteiger partial charge in [0.2, 0.25) is 0 Å². The zero-order chi connectivity index (χ0) is 15.8. The summed E-state index contributed by atoms with van der Waals surface area (Å²) < 4.78 is 28.6. The summed E-state index contributed by atoms with van der Waals surface area (Å²) in [7, 11) is -3.49. The normalized spacial score (nSPS) is 48.4. The molecule has 0 radical (unpaired) electrons. The van der Waals surface area contributed by atoms with Crippen molar-refractivity contribution >= 4 is 15.9 Å². The molecule has 4 nitrogen and oxygen atoms in total. The van der Waals surface area contributed by atoms with Crippen molar-refractivity contribution in [2.45, 2.75) is 59.5 Å². The van der Waals surface area contributed by atoms with E-state index < -0.39 is 15.5 Å². The van der Waals surface area contributed by atoms with E-state index in [9.17, 15) is 13.2 Å². The van der Waals surface area contributed by atoms with Crippen LogP contribution in [0.25, 0.3) is 0 Å². The Kier molecular flexibility index (Phi) is 3.02. The molecule has 3 aliphatic carbocycles. The quantitative estimate of drug-likeness (QED) is 0.735. The summed E-state index contributed by atoms with van der Waals surface area (Å²) in [5.74, 6) is 0.264. The van der Waals surface area contributed by atoms with Gasteiger partial charge in [0, 0.05) is 17.3 Å². The molecule has 3 saturated carbocycles. The van der Waals surface area contributed by atoms with Crippen molar-refractivity contribution in [1.82, 2.24) is 0 Å². The molecule has 0 aromatic carbocycles. The third-order valence-electron chi connectivity index (χ3n) is 6.94. The summed E-state index contributed by atoms with van der Waals surface area (Å²) in [4.78, 5) is 13.0. The zero-order valence-electron chi connectivity index (χ0n) is 13.6. The van der Waals surface area contributed by atoms with Crippen molar-refractivity contribution in [3.05, 3.63) is 0 Å². The van der Waals surface area contributed by atoms with Crippen LogP contribution in [0.5, 0.6) is 0 Å². The number of ketones is 1. The van der Waals surface area contributed by atoms with E-state index in [4.69, 9.17) is 4.18 Å². The molecule has 0 aromatic rings. The summed E-state index contributed by atoms with van der Waals surface area (Å²) in [6, 6.07) is 0. The number of carbonyl (C=O) groups is 1. The Hall–Kier alpha value is -0.420. The smallest absolute Gasteiger partial charge is 0.264 e. The Morgan fingerprint density at radius 1 is 1.19 bits per heavy atom. The van der Waals surface area contributed by atoms with Crippen molar-refractivity contribution in [2.75, 3.05) is 6.26 Å². The molecule has 0 aliphatic heterocycles. The van der Waals surface area contributed by atoms with E-state index in [1.54, 1.807) is 0 Å². The van der Waals surface area contributed by atoms with E-state index in [1.165, 1.54) is 0 Å². The number of rotatable bonds is 2. The molecule has 1 unspecified atom stereocenters. The molecule has 3 rings (SSSR count). The summed E-state index contributed by atoms with van der Waals surface area (Å²) in [6.07, 6.45) is 4.47. The van der Waals surface area contributed by atoms with Gasteiger partial charge in [0.05, 0.1) is 12.4 Å². The minimum atomic E-state index is -3.49. The molecule has 3 aliphatic rings. The second kappa shape index (κ2) is 4.10. The Bertz CT molecular complexity index is 593. The van der Waals surface area contributed by atoms with Crippen LogP contribution in [-0.4, -0.2) is 26.6 Å². The Morgan fingerprint density at radius 2 is 1.81 bits per heavy atom. The predicted molar refractivity (Wildman–Crippen MR) is 80.2 cm³/mol. The first-order chi connectivity index (χ1) is 9.46. The first kappa shape index (κ1) is 15.5. The van der Waals surface area contributed by atoms with Crippen LogP contribution in [0.15, 0.2) is 0 Å². The van der Waals surface area contributed by atoms with Crippen LogP contribution < -0.4 is 0 Å². The fraction of sp³-hybridized carbons (Fsp3) is 0.938. The standard InChI is InChI=1S/C16H26O4S/c1-10-12-11(20-21(5,18)19)9-16(13(10)17)14(2,3)7-6-8-15(12,16)4/h10-12H,6-9H2,1-5H3/t10?,11-,12+,15-,16-/m1/s1. The lowest BCUT2D eigenvalue weighted by atomic mass is 9.48. The maximum atomic E-state index is 13.0. The molecule has 0 N–H and O–H groups in total. The van der Waals surface area contributed by atoms with Crippen molar-refractivity contribution in [3.8, 4) is 0 Å². The summed E-state index contributed by atoms with van der Waals surface area (Å²) in [6.45, 7) is 8.53. The molecule has 5 atom stereocenters. The molecule has 3 fully saturated rings. The average Bonchev–Trinajstić information content (AvgIpc) is 2.63. The maximum Gasteiger partial charge on any atom is 0.264 e. The number of hydrogen-bond donors (Lipinski definition) is 0. The highest BCUT2D eigenvalue weighted by Gasteiger charge is 2.78. The van der Waals surface area contributed by atoms with E-state index in [0.29, 0.717) is 12.2 Å². The monoisotopic (exact) mass is 314 g/mol. The molecule has 0 spiro atoms. The van der Waals surface area contributed by atoms with Gasteiger partial charge in [0.15, 0.2) is 0 Å². The van der Waals surface area contributed by atoms with E-state index >= 15 is 0 Å². The van der Waals surface area contributed by atoms with Crippen molar-refractivity contribution in [2.24, 2.45) is 28.1 Å². The summed E-state index contributed by atoms with van der Waals surface area (Å²) in [5, 5.41) is 0. The van der Waals surface area contributed by atoms with Gasteiger partial charge in [-0.2, -0.15) is 8.42 Å². The van der Waals surface area contributed by atoms with E-state index in [0.717, 1.165) is 25.5 Å². The van der Waals surface area contributed by atoms with Gasteiger partial charge in [-0.1, -0.05) is 34.1 Å². The van der Waals surface area contributed by atoms with Gasteiger partial charge in [-0.25, -0.2) is 0 Å². The Labute approximate surface area is 127 Å². The molecular weight excluding hydrogens is 288 g/mol. The zero-order valence-corrected chi connectivity index (χ0v) is 14.4. The van der Waals surface area contributed by atoms with Crippen LogP contribution in [0.1, 0.15) is 53.4 Å². The van der Waals surface area contributed by atoms with Gasteiger partial charge < -0.3 is 0 Å². The lowest BCUT2D eigenvalue weighted by Gasteiger charge is -2.54. The van der Waals surface area contributed by atoms with Crippen LogP contribution >= 0.6 is 0 Å². The van der Waals surface area contributed by atoms with Crippen molar-refractivity contribution in [1.29, 1.82) is 0 Å². The first-order valence-electron chi connectivity index (χ1n) is 7.89. The number of Topliss-reactive ketones (excluding diaryl/α,β-unsaturated/α-hetero) is 1. The summed E-state index contributed by atoms with van der Waals surface area (Å²) in [5.41, 5.74) is -0.631. The molecule has 5 heteroatoms. The van der Waals surface area contributed by atoms with E-state index in [-0.39, 0.29) is 28.8 Å².